The first-order chi connectivity index (χ1) is 7.86. The van der Waals surface area contributed by atoms with E-state index >= 15 is 0 Å². The molecule has 2 aromatic rings. The zero-order chi connectivity index (χ0) is 11.4. The minimum Gasteiger partial charge on any atom is -0.411 e. The predicted molar refractivity (Wildman–Crippen MR) is 57.7 cm³/mol. The fourth-order valence-corrected chi connectivity index (χ4v) is 1.43. The Morgan fingerprint density at radius 1 is 1.44 bits per heavy atom. The van der Waals surface area contributed by atoms with Crippen molar-refractivity contribution in [2.24, 2.45) is 5.16 Å². The Morgan fingerprint density at radius 3 is 3.06 bits per heavy atom. The van der Waals surface area contributed by atoms with Gasteiger partial charge in [0.1, 0.15) is 6.07 Å². The molecule has 5 heteroatoms. The van der Waals surface area contributed by atoms with Crippen molar-refractivity contribution in [3.05, 3.63) is 47.9 Å². The Hall–Kier alpha value is -2.61. The SMILES string of the molecule is N#Cc1cccnc1-n1cccc1/C=N/O. The van der Waals surface area contributed by atoms with E-state index in [-0.39, 0.29) is 0 Å². The van der Waals surface area contributed by atoms with E-state index < -0.39 is 0 Å². The van der Waals surface area contributed by atoms with Crippen LogP contribution < -0.4 is 0 Å². The second kappa shape index (κ2) is 4.28. The molecule has 2 rings (SSSR count). The van der Waals surface area contributed by atoms with Crippen LogP contribution in [-0.2, 0) is 0 Å². The summed E-state index contributed by atoms with van der Waals surface area (Å²) in [7, 11) is 0. The van der Waals surface area contributed by atoms with Gasteiger partial charge < -0.3 is 5.21 Å². The minimum atomic E-state index is 0.464. The zero-order valence-corrected chi connectivity index (χ0v) is 8.28. The second-order valence-electron chi connectivity index (χ2n) is 3.03. The zero-order valence-electron chi connectivity index (χ0n) is 8.28. The molecule has 16 heavy (non-hydrogen) atoms. The topological polar surface area (TPSA) is 74.2 Å². The highest BCUT2D eigenvalue weighted by atomic mass is 16.4. The van der Waals surface area contributed by atoms with Gasteiger partial charge in [-0.05, 0) is 24.3 Å². The van der Waals surface area contributed by atoms with Crippen LogP contribution in [0, 0.1) is 11.3 Å². The summed E-state index contributed by atoms with van der Waals surface area (Å²) in [4.78, 5) is 4.13. The van der Waals surface area contributed by atoms with Gasteiger partial charge in [0.15, 0.2) is 5.82 Å². The van der Waals surface area contributed by atoms with E-state index in [2.05, 4.69) is 16.2 Å². The highest BCUT2D eigenvalue weighted by Crippen LogP contribution is 2.13. The maximum absolute atomic E-state index is 8.95. The van der Waals surface area contributed by atoms with Crippen molar-refractivity contribution < 1.29 is 5.21 Å². The molecule has 0 amide bonds. The lowest BCUT2D eigenvalue weighted by atomic mass is 10.3. The number of nitrogens with zero attached hydrogens (tertiary/aromatic N) is 4. The summed E-state index contributed by atoms with van der Waals surface area (Å²) >= 11 is 0. The number of hydrogen-bond donors (Lipinski definition) is 1. The molecule has 5 nitrogen and oxygen atoms in total. The third-order valence-corrected chi connectivity index (χ3v) is 2.11. The Balaban J connectivity index is 2.59. The number of nitriles is 1. The smallest absolute Gasteiger partial charge is 0.155 e. The normalized spacial score (nSPS) is 10.4. The molecule has 2 aromatic heterocycles. The molecule has 0 aromatic carbocycles. The summed E-state index contributed by atoms with van der Waals surface area (Å²) in [6.45, 7) is 0. The molecule has 0 fully saturated rings. The Bertz CT molecular complexity index is 565. The van der Waals surface area contributed by atoms with E-state index in [1.165, 1.54) is 6.21 Å². The van der Waals surface area contributed by atoms with E-state index in [1.807, 2.05) is 0 Å². The van der Waals surface area contributed by atoms with Gasteiger partial charge >= 0.3 is 0 Å². The summed E-state index contributed by atoms with van der Waals surface area (Å²) in [6, 6.07) is 8.99. The van der Waals surface area contributed by atoms with Gasteiger partial charge in [-0.3, -0.25) is 4.57 Å². The lowest BCUT2D eigenvalue weighted by Crippen LogP contribution is -2.02. The van der Waals surface area contributed by atoms with Gasteiger partial charge in [0.05, 0.1) is 17.5 Å². The van der Waals surface area contributed by atoms with Gasteiger partial charge in [-0.15, -0.1) is 0 Å². The average Bonchev–Trinajstić information content (AvgIpc) is 2.77. The standard InChI is InChI=1S/C11H8N4O/c12-7-9-3-1-5-13-11(9)15-6-2-4-10(15)8-14-16/h1-6,8,16H/b14-8+. The quantitative estimate of drug-likeness (QED) is 0.466. The number of oxime groups is 1. The molecule has 0 aliphatic heterocycles. The number of aromatic nitrogens is 2. The molecule has 0 radical (unpaired) electrons. The first-order valence-electron chi connectivity index (χ1n) is 4.57. The first-order valence-corrected chi connectivity index (χ1v) is 4.57. The van der Waals surface area contributed by atoms with Crippen LogP contribution in [-0.4, -0.2) is 21.0 Å². The van der Waals surface area contributed by atoms with Crippen molar-refractivity contribution in [2.75, 3.05) is 0 Å². The van der Waals surface area contributed by atoms with Crippen LogP contribution >= 0.6 is 0 Å². The Kier molecular flexibility index (Phi) is 2.65. The Labute approximate surface area is 91.9 Å². The summed E-state index contributed by atoms with van der Waals surface area (Å²) in [6.07, 6.45) is 4.64. The molecule has 1 N–H and O–H groups in total. The molecule has 0 saturated heterocycles. The molecule has 0 aliphatic rings. The van der Waals surface area contributed by atoms with Crippen LogP contribution in [0.25, 0.3) is 5.82 Å². The van der Waals surface area contributed by atoms with E-state index in [1.54, 1.807) is 41.2 Å². The Morgan fingerprint density at radius 2 is 2.31 bits per heavy atom. The van der Waals surface area contributed by atoms with Crippen LogP contribution in [0.4, 0.5) is 0 Å². The van der Waals surface area contributed by atoms with E-state index in [0.29, 0.717) is 17.1 Å². The molecule has 0 spiro atoms. The van der Waals surface area contributed by atoms with Gasteiger partial charge in [0.2, 0.25) is 0 Å². The van der Waals surface area contributed by atoms with Crippen molar-refractivity contribution in [1.29, 1.82) is 5.26 Å². The van der Waals surface area contributed by atoms with Gasteiger partial charge in [0, 0.05) is 12.4 Å². The number of hydrogen-bond acceptors (Lipinski definition) is 4. The van der Waals surface area contributed by atoms with E-state index in [4.69, 9.17) is 10.5 Å². The van der Waals surface area contributed by atoms with Gasteiger partial charge in [-0.25, -0.2) is 4.98 Å². The molecule has 78 valence electrons. The summed E-state index contributed by atoms with van der Waals surface area (Å²) < 4.78 is 1.68. The van der Waals surface area contributed by atoms with Crippen LogP contribution in [0.2, 0.25) is 0 Å². The van der Waals surface area contributed by atoms with E-state index in [9.17, 15) is 0 Å². The summed E-state index contributed by atoms with van der Waals surface area (Å²) in [5, 5.41) is 20.4. The van der Waals surface area contributed by atoms with Crippen LogP contribution in [0.15, 0.2) is 41.8 Å². The van der Waals surface area contributed by atoms with Crippen molar-refractivity contribution in [1.82, 2.24) is 9.55 Å². The fourth-order valence-electron chi connectivity index (χ4n) is 1.43. The number of rotatable bonds is 2. The number of pyridine rings is 1. The highest BCUT2D eigenvalue weighted by Gasteiger charge is 2.07. The fraction of sp³-hybridized carbons (Fsp3) is 0. The lowest BCUT2D eigenvalue weighted by molar-refractivity contribution is 0.321. The molecule has 0 aliphatic carbocycles. The second-order valence-corrected chi connectivity index (χ2v) is 3.03. The first kappa shape index (κ1) is 9.93. The molecule has 0 atom stereocenters. The van der Waals surface area contributed by atoms with Crippen LogP contribution in [0.1, 0.15) is 11.3 Å². The highest BCUT2D eigenvalue weighted by molar-refractivity contribution is 5.78. The average molecular weight is 212 g/mol. The maximum atomic E-state index is 8.95. The lowest BCUT2D eigenvalue weighted by Gasteiger charge is -2.05. The molecular weight excluding hydrogens is 204 g/mol. The third-order valence-electron chi connectivity index (χ3n) is 2.11. The monoisotopic (exact) mass is 212 g/mol. The van der Waals surface area contributed by atoms with Crippen molar-refractivity contribution in [3.63, 3.8) is 0 Å². The maximum Gasteiger partial charge on any atom is 0.155 e. The van der Waals surface area contributed by atoms with Crippen molar-refractivity contribution in [3.8, 4) is 11.9 Å². The van der Waals surface area contributed by atoms with Crippen molar-refractivity contribution >= 4 is 6.21 Å². The van der Waals surface area contributed by atoms with Crippen LogP contribution in [0.5, 0.6) is 0 Å². The minimum absolute atomic E-state index is 0.464. The van der Waals surface area contributed by atoms with Crippen molar-refractivity contribution in [2.45, 2.75) is 0 Å². The molecule has 0 bridgehead atoms. The summed E-state index contributed by atoms with van der Waals surface area (Å²) in [5.74, 6) is 0.518. The predicted octanol–water partition coefficient (Wildman–Crippen LogP) is 1.55. The van der Waals surface area contributed by atoms with Gasteiger partial charge in [-0.2, -0.15) is 5.26 Å². The molecule has 0 unspecified atom stereocenters. The third kappa shape index (κ3) is 1.64. The van der Waals surface area contributed by atoms with E-state index in [0.717, 1.165) is 0 Å². The van der Waals surface area contributed by atoms with Gasteiger partial charge in [0.25, 0.3) is 0 Å². The molecule has 0 saturated carbocycles. The molecular formula is C11H8N4O. The van der Waals surface area contributed by atoms with Gasteiger partial charge in [-0.1, -0.05) is 5.16 Å². The molecule has 2 heterocycles. The van der Waals surface area contributed by atoms with Crippen LogP contribution in [0.3, 0.4) is 0 Å². The summed E-state index contributed by atoms with van der Waals surface area (Å²) in [5.41, 5.74) is 1.11. The largest absolute Gasteiger partial charge is 0.411 e.